The Bertz CT molecular complexity index is 304. The van der Waals surface area contributed by atoms with Gasteiger partial charge < -0.3 is 0 Å². The van der Waals surface area contributed by atoms with Gasteiger partial charge in [-0.05, 0) is 48.6 Å². The molecule has 0 aromatic carbocycles. The van der Waals surface area contributed by atoms with Crippen molar-refractivity contribution in [3.63, 3.8) is 0 Å². The molecule has 2 atom stereocenters. The molecule has 1 heterocycles. The van der Waals surface area contributed by atoms with E-state index in [9.17, 15) is 0 Å². The van der Waals surface area contributed by atoms with E-state index in [-0.39, 0.29) is 0 Å². The third-order valence-electron chi connectivity index (χ3n) is 3.26. The first-order valence-electron chi connectivity index (χ1n) is 5.24. The number of rotatable bonds is 4. The molecule has 1 fully saturated rings. The molecule has 2 unspecified atom stereocenters. The van der Waals surface area contributed by atoms with Crippen LogP contribution in [0.5, 0.6) is 0 Å². The number of nitrogens with one attached hydrogen (secondary N) is 1. The van der Waals surface area contributed by atoms with Crippen molar-refractivity contribution in [2.75, 3.05) is 0 Å². The molecule has 78 valence electrons. The Labute approximate surface area is 89.5 Å². The van der Waals surface area contributed by atoms with Gasteiger partial charge in [-0.1, -0.05) is 6.92 Å². The van der Waals surface area contributed by atoms with Crippen molar-refractivity contribution >= 4 is 11.3 Å². The molecule has 0 bridgehead atoms. The molecule has 1 aliphatic rings. The van der Waals surface area contributed by atoms with Crippen LogP contribution in [-0.4, -0.2) is 0 Å². The van der Waals surface area contributed by atoms with E-state index in [0.717, 1.165) is 5.92 Å². The maximum absolute atomic E-state index is 5.66. The standard InChI is InChI=1S/C11H18N2S/c1-7-5-6-14-11(7)10(13-12)8(2)9-3-4-9/h5-6,8-10,13H,3-4,12H2,1-2H3. The van der Waals surface area contributed by atoms with Crippen LogP contribution in [0.4, 0.5) is 0 Å². The predicted molar refractivity (Wildman–Crippen MR) is 61.0 cm³/mol. The van der Waals surface area contributed by atoms with Crippen LogP contribution in [0.1, 0.15) is 36.2 Å². The Morgan fingerprint density at radius 2 is 2.29 bits per heavy atom. The van der Waals surface area contributed by atoms with Gasteiger partial charge in [0, 0.05) is 4.88 Å². The quantitative estimate of drug-likeness (QED) is 0.592. The molecule has 0 radical (unpaired) electrons. The van der Waals surface area contributed by atoms with Gasteiger partial charge in [-0.2, -0.15) is 0 Å². The molecule has 0 saturated heterocycles. The van der Waals surface area contributed by atoms with Crippen molar-refractivity contribution < 1.29 is 0 Å². The molecule has 1 saturated carbocycles. The Kier molecular flexibility index (Phi) is 2.91. The maximum Gasteiger partial charge on any atom is 0.0584 e. The van der Waals surface area contributed by atoms with Gasteiger partial charge in [-0.25, -0.2) is 0 Å². The summed E-state index contributed by atoms with van der Waals surface area (Å²) in [6.45, 7) is 4.47. The Balaban J connectivity index is 2.16. The van der Waals surface area contributed by atoms with Crippen molar-refractivity contribution in [3.8, 4) is 0 Å². The molecule has 1 aromatic heterocycles. The molecule has 0 aliphatic heterocycles. The highest BCUT2D eigenvalue weighted by atomic mass is 32.1. The number of aryl methyl sites for hydroxylation is 1. The lowest BCUT2D eigenvalue weighted by Gasteiger charge is -2.22. The Morgan fingerprint density at radius 3 is 2.71 bits per heavy atom. The lowest BCUT2D eigenvalue weighted by molar-refractivity contribution is 0.358. The SMILES string of the molecule is Cc1ccsc1C(NN)C(C)C1CC1. The zero-order valence-electron chi connectivity index (χ0n) is 8.79. The topological polar surface area (TPSA) is 38.0 Å². The van der Waals surface area contributed by atoms with Gasteiger partial charge in [0.15, 0.2) is 0 Å². The molecule has 0 amide bonds. The lowest BCUT2D eigenvalue weighted by atomic mass is 9.94. The van der Waals surface area contributed by atoms with E-state index in [4.69, 9.17) is 5.84 Å². The molecule has 14 heavy (non-hydrogen) atoms. The number of nitrogens with two attached hydrogens (primary N) is 1. The molecule has 2 nitrogen and oxygen atoms in total. The van der Waals surface area contributed by atoms with Crippen molar-refractivity contribution in [2.24, 2.45) is 17.7 Å². The number of hydrogen-bond acceptors (Lipinski definition) is 3. The fourth-order valence-electron chi connectivity index (χ4n) is 2.06. The summed E-state index contributed by atoms with van der Waals surface area (Å²) < 4.78 is 0. The highest BCUT2D eigenvalue weighted by Crippen LogP contribution is 2.43. The summed E-state index contributed by atoms with van der Waals surface area (Å²) in [7, 11) is 0. The minimum absolute atomic E-state index is 0.350. The van der Waals surface area contributed by atoms with Gasteiger partial charge in [0.1, 0.15) is 0 Å². The zero-order chi connectivity index (χ0) is 10.1. The van der Waals surface area contributed by atoms with Crippen LogP contribution in [0, 0.1) is 18.8 Å². The number of hydrogen-bond donors (Lipinski definition) is 2. The highest BCUT2D eigenvalue weighted by Gasteiger charge is 2.34. The number of hydrazine groups is 1. The predicted octanol–water partition coefficient (Wildman–Crippen LogP) is 2.61. The number of thiophene rings is 1. The summed E-state index contributed by atoms with van der Waals surface area (Å²) in [5.41, 5.74) is 4.34. The molecule has 0 spiro atoms. The zero-order valence-corrected chi connectivity index (χ0v) is 9.60. The van der Waals surface area contributed by atoms with Crippen molar-refractivity contribution in [1.29, 1.82) is 0 Å². The summed E-state index contributed by atoms with van der Waals surface area (Å²) in [6, 6.07) is 2.52. The third kappa shape index (κ3) is 1.85. The van der Waals surface area contributed by atoms with Crippen molar-refractivity contribution in [2.45, 2.75) is 32.7 Å². The molecule has 3 N–H and O–H groups in total. The van der Waals surface area contributed by atoms with Crippen LogP contribution in [0.3, 0.4) is 0 Å². The van der Waals surface area contributed by atoms with Crippen molar-refractivity contribution in [1.82, 2.24) is 5.43 Å². The Morgan fingerprint density at radius 1 is 1.57 bits per heavy atom. The van der Waals surface area contributed by atoms with Gasteiger partial charge in [0.05, 0.1) is 6.04 Å². The minimum atomic E-state index is 0.350. The van der Waals surface area contributed by atoms with Crippen LogP contribution >= 0.6 is 11.3 Å². The minimum Gasteiger partial charge on any atom is -0.271 e. The van der Waals surface area contributed by atoms with Gasteiger partial charge in [0.25, 0.3) is 0 Å². The van der Waals surface area contributed by atoms with Gasteiger partial charge in [-0.3, -0.25) is 11.3 Å². The van der Waals surface area contributed by atoms with E-state index in [2.05, 4.69) is 30.7 Å². The van der Waals surface area contributed by atoms with Crippen molar-refractivity contribution in [3.05, 3.63) is 21.9 Å². The van der Waals surface area contributed by atoms with Gasteiger partial charge >= 0.3 is 0 Å². The smallest absolute Gasteiger partial charge is 0.0584 e. The summed E-state index contributed by atoms with van der Waals surface area (Å²) in [5.74, 6) is 7.21. The maximum atomic E-state index is 5.66. The van der Waals surface area contributed by atoms with Gasteiger partial charge in [-0.15, -0.1) is 11.3 Å². The van der Waals surface area contributed by atoms with E-state index in [0.29, 0.717) is 12.0 Å². The Hall–Kier alpha value is -0.380. The second-order valence-corrected chi connectivity index (χ2v) is 5.26. The van der Waals surface area contributed by atoms with E-state index in [1.165, 1.54) is 23.3 Å². The first kappa shape index (κ1) is 10.1. The third-order valence-corrected chi connectivity index (χ3v) is 4.36. The van der Waals surface area contributed by atoms with Crippen LogP contribution in [0.25, 0.3) is 0 Å². The van der Waals surface area contributed by atoms with Crippen LogP contribution in [-0.2, 0) is 0 Å². The molecule has 2 rings (SSSR count). The van der Waals surface area contributed by atoms with E-state index >= 15 is 0 Å². The average Bonchev–Trinajstić information content (AvgIpc) is 2.94. The fraction of sp³-hybridized carbons (Fsp3) is 0.636. The first-order valence-corrected chi connectivity index (χ1v) is 6.12. The van der Waals surface area contributed by atoms with Gasteiger partial charge in [0.2, 0.25) is 0 Å². The molecular formula is C11H18N2S. The second-order valence-electron chi connectivity index (χ2n) is 4.31. The second kappa shape index (κ2) is 4.01. The highest BCUT2D eigenvalue weighted by molar-refractivity contribution is 7.10. The monoisotopic (exact) mass is 210 g/mol. The lowest BCUT2D eigenvalue weighted by Crippen LogP contribution is -2.33. The van der Waals surface area contributed by atoms with E-state index < -0.39 is 0 Å². The van der Waals surface area contributed by atoms with Crippen LogP contribution in [0.15, 0.2) is 11.4 Å². The summed E-state index contributed by atoms with van der Waals surface area (Å²) in [5, 5.41) is 2.15. The fourth-order valence-corrected chi connectivity index (χ4v) is 3.17. The molecule has 1 aliphatic carbocycles. The molecule has 3 heteroatoms. The summed E-state index contributed by atoms with van der Waals surface area (Å²) in [4.78, 5) is 1.41. The largest absolute Gasteiger partial charge is 0.271 e. The average molecular weight is 210 g/mol. The summed E-state index contributed by atoms with van der Waals surface area (Å²) >= 11 is 1.81. The molecular weight excluding hydrogens is 192 g/mol. The summed E-state index contributed by atoms with van der Waals surface area (Å²) in [6.07, 6.45) is 2.76. The van der Waals surface area contributed by atoms with Crippen LogP contribution in [0.2, 0.25) is 0 Å². The van der Waals surface area contributed by atoms with Crippen LogP contribution < -0.4 is 11.3 Å². The normalized spacial score (nSPS) is 20.8. The van der Waals surface area contributed by atoms with E-state index in [1.54, 1.807) is 0 Å². The van der Waals surface area contributed by atoms with E-state index in [1.807, 2.05) is 11.3 Å². The molecule has 1 aromatic rings. The first-order chi connectivity index (χ1) is 6.74.